The smallest absolute Gasteiger partial charge is 0.367 e. The van der Waals surface area contributed by atoms with Crippen molar-refractivity contribution in [2.75, 3.05) is 6.61 Å². The van der Waals surface area contributed by atoms with Crippen LogP contribution >= 0.6 is 11.3 Å². The molecule has 0 saturated heterocycles. The summed E-state index contributed by atoms with van der Waals surface area (Å²) in [4.78, 5) is 15.8. The molecule has 0 atom stereocenters. The third-order valence-corrected chi connectivity index (χ3v) is 3.85. The first-order valence-electron chi connectivity index (χ1n) is 5.91. The first-order chi connectivity index (χ1) is 7.79. The quantitative estimate of drug-likeness (QED) is 0.758. The molecule has 3 nitrogen and oxygen atoms in total. The molecule has 4 heteroatoms. The van der Waals surface area contributed by atoms with Gasteiger partial charge in [-0.05, 0) is 19.3 Å². The Morgan fingerprint density at radius 2 is 2.31 bits per heavy atom. The molecule has 16 heavy (non-hydrogen) atoms. The van der Waals surface area contributed by atoms with E-state index in [1.807, 2.05) is 12.3 Å². The molecule has 0 unspecified atom stereocenters. The lowest BCUT2D eigenvalue weighted by molar-refractivity contribution is 0.0525. The summed E-state index contributed by atoms with van der Waals surface area (Å²) in [6.07, 6.45) is 6.34. The molecule has 1 aliphatic carbocycles. The fraction of sp³-hybridized carbons (Fsp3) is 0.667. The van der Waals surface area contributed by atoms with E-state index in [9.17, 15) is 4.79 Å². The Kier molecular flexibility index (Phi) is 3.93. The van der Waals surface area contributed by atoms with Gasteiger partial charge in [0.05, 0.1) is 12.3 Å². The topological polar surface area (TPSA) is 39.2 Å². The van der Waals surface area contributed by atoms with E-state index in [4.69, 9.17) is 4.74 Å². The van der Waals surface area contributed by atoms with Crippen LogP contribution in [0.1, 0.15) is 48.1 Å². The Morgan fingerprint density at radius 1 is 1.56 bits per heavy atom. The largest absolute Gasteiger partial charge is 0.461 e. The number of esters is 1. The van der Waals surface area contributed by atoms with Gasteiger partial charge in [-0.3, -0.25) is 0 Å². The van der Waals surface area contributed by atoms with Crippen molar-refractivity contribution in [1.82, 2.24) is 4.98 Å². The van der Waals surface area contributed by atoms with E-state index >= 15 is 0 Å². The summed E-state index contributed by atoms with van der Waals surface area (Å²) >= 11 is 1.40. The number of nitrogens with zero attached hydrogens (tertiary/aromatic N) is 1. The first-order valence-corrected chi connectivity index (χ1v) is 6.79. The Balaban J connectivity index is 1.93. The Hall–Kier alpha value is -0.900. The summed E-state index contributed by atoms with van der Waals surface area (Å²) in [5.41, 5.74) is 1.06. The van der Waals surface area contributed by atoms with Crippen LogP contribution in [0.25, 0.3) is 0 Å². The van der Waals surface area contributed by atoms with Crippen molar-refractivity contribution in [3.8, 4) is 0 Å². The molecule has 0 radical (unpaired) electrons. The van der Waals surface area contributed by atoms with Crippen LogP contribution in [0.3, 0.4) is 0 Å². The van der Waals surface area contributed by atoms with Crippen LogP contribution in [-0.4, -0.2) is 17.6 Å². The summed E-state index contributed by atoms with van der Waals surface area (Å²) in [5.74, 6) is 0.488. The number of ether oxygens (including phenoxy) is 1. The number of hydrogen-bond acceptors (Lipinski definition) is 4. The van der Waals surface area contributed by atoms with Crippen molar-refractivity contribution in [2.24, 2.45) is 5.92 Å². The van der Waals surface area contributed by atoms with Crippen molar-refractivity contribution in [3.63, 3.8) is 0 Å². The summed E-state index contributed by atoms with van der Waals surface area (Å²) < 4.78 is 4.92. The predicted molar refractivity (Wildman–Crippen MR) is 63.7 cm³/mol. The molecule has 0 spiro atoms. The average molecular weight is 239 g/mol. The molecule has 0 amide bonds. The van der Waals surface area contributed by atoms with Crippen LogP contribution in [0, 0.1) is 5.92 Å². The monoisotopic (exact) mass is 239 g/mol. The number of thiazole rings is 1. The molecule has 0 aromatic carbocycles. The minimum atomic E-state index is -0.287. The molecular formula is C12H17NO2S. The van der Waals surface area contributed by atoms with Crippen LogP contribution < -0.4 is 0 Å². The molecule has 88 valence electrons. The molecule has 1 heterocycles. The molecule has 0 bridgehead atoms. The summed E-state index contributed by atoms with van der Waals surface area (Å²) in [6.45, 7) is 2.22. The number of rotatable bonds is 4. The minimum Gasteiger partial charge on any atom is -0.461 e. The molecular weight excluding hydrogens is 222 g/mol. The van der Waals surface area contributed by atoms with Crippen LogP contribution in [0.2, 0.25) is 0 Å². The van der Waals surface area contributed by atoms with E-state index in [2.05, 4.69) is 4.98 Å². The molecule has 0 N–H and O–H groups in total. The number of carbonyl (C=O) groups is 1. The molecule has 2 rings (SSSR count). The highest BCUT2D eigenvalue weighted by Gasteiger charge is 2.18. The zero-order valence-electron chi connectivity index (χ0n) is 9.57. The Morgan fingerprint density at radius 3 is 3.00 bits per heavy atom. The average Bonchev–Trinajstić information content (AvgIpc) is 2.90. The molecule has 1 aromatic rings. The maximum Gasteiger partial charge on any atom is 0.367 e. The van der Waals surface area contributed by atoms with Crippen molar-refractivity contribution in [1.29, 1.82) is 0 Å². The lowest BCUT2D eigenvalue weighted by atomic mass is 10.0. The number of aromatic nitrogens is 1. The summed E-state index contributed by atoms with van der Waals surface area (Å²) in [6, 6.07) is 0. The highest BCUT2D eigenvalue weighted by molar-refractivity contribution is 7.11. The van der Waals surface area contributed by atoms with Gasteiger partial charge in [-0.25, -0.2) is 9.78 Å². The fourth-order valence-corrected chi connectivity index (χ4v) is 2.92. The fourth-order valence-electron chi connectivity index (χ4n) is 2.20. The second-order valence-electron chi connectivity index (χ2n) is 4.22. The maximum atomic E-state index is 11.4. The van der Waals surface area contributed by atoms with Gasteiger partial charge in [0.1, 0.15) is 0 Å². The van der Waals surface area contributed by atoms with Crippen molar-refractivity contribution in [2.45, 2.75) is 39.0 Å². The SMILES string of the molecule is CCOC(=O)c1nc(CC2CCCC2)cs1. The minimum absolute atomic E-state index is 0.287. The predicted octanol–water partition coefficient (Wildman–Crippen LogP) is 3.05. The van der Waals surface area contributed by atoms with Crippen LogP contribution in [0.4, 0.5) is 0 Å². The number of hydrogen-bond donors (Lipinski definition) is 0. The second kappa shape index (κ2) is 5.43. The van der Waals surface area contributed by atoms with Crippen molar-refractivity contribution < 1.29 is 9.53 Å². The van der Waals surface area contributed by atoms with Gasteiger partial charge < -0.3 is 4.74 Å². The lowest BCUT2D eigenvalue weighted by Crippen LogP contribution is -2.05. The number of carbonyl (C=O) groups excluding carboxylic acids is 1. The third kappa shape index (κ3) is 2.82. The van der Waals surface area contributed by atoms with E-state index < -0.39 is 0 Å². The van der Waals surface area contributed by atoms with Gasteiger partial charge in [-0.15, -0.1) is 11.3 Å². The second-order valence-corrected chi connectivity index (χ2v) is 5.08. The molecule has 0 aliphatic heterocycles. The Bertz CT molecular complexity index is 356. The standard InChI is InChI=1S/C12H17NO2S/c1-2-15-12(14)11-13-10(8-16-11)7-9-5-3-4-6-9/h8-9H,2-7H2,1H3. The van der Waals surface area contributed by atoms with E-state index in [0.29, 0.717) is 11.6 Å². The summed E-state index contributed by atoms with van der Waals surface area (Å²) in [7, 11) is 0. The van der Waals surface area contributed by atoms with Gasteiger partial charge in [-0.2, -0.15) is 0 Å². The van der Waals surface area contributed by atoms with E-state index in [1.165, 1.54) is 37.0 Å². The van der Waals surface area contributed by atoms with Gasteiger partial charge in [0.2, 0.25) is 5.01 Å². The van der Waals surface area contributed by atoms with Gasteiger partial charge in [0.25, 0.3) is 0 Å². The zero-order valence-corrected chi connectivity index (χ0v) is 10.4. The highest BCUT2D eigenvalue weighted by atomic mass is 32.1. The molecule has 1 saturated carbocycles. The molecule has 1 aliphatic rings. The highest BCUT2D eigenvalue weighted by Crippen LogP contribution is 2.28. The van der Waals surface area contributed by atoms with Crippen LogP contribution in [0.15, 0.2) is 5.38 Å². The van der Waals surface area contributed by atoms with Gasteiger partial charge >= 0.3 is 5.97 Å². The first kappa shape index (κ1) is 11.6. The van der Waals surface area contributed by atoms with Crippen molar-refractivity contribution in [3.05, 3.63) is 16.1 Å². The lowest BCUT2D eigenvalue weighted by Gasteiger charge is -2.04. The van der Waals surface area contributed by atoms with Gasteiger partial charge in [-0.1, -0.05) is 25.7 Å². The molecule has 1 aromatic heterocycles. The zero-order chi connectivity index (χ0) is 11.4. The van der Waals surface area contributed by atoms with Gasteiger partial charge in [0, 0.05) is 5.38 Å². The van der Waals surface area contributed by atoms with E-state index in [0.717, 1.165) is 18.0 Å². The summed E-state index contributed by atoms with van der Waals surface area (Å²) in [5, 5.41) is 2.49. The van der Waals surface area contributed by atoms with E-state index in [1.54, 1.807) is 0 Å². The van der Waals surface area contributed by atoms with Gasteiger partial charge in [0.15, 0.2) is 0 Å². The van der Waals surface area contributed by atoms with E-state index in [-0.39, 0.29) is 5.97 Å². The Labute approximate surface area is 99.8 Å². The normalized spacial score (nSPS) is 16.6. The van der Waals surface area contributed by atoms with Crippen LogP contribution in [-0.2, 0) is 11.2 Å². The molecule has 1 fully saturated rings. The third-order valence-electron chi connectivity index (χ3n) is 2.97. The van der Waals surface area contributed by atoms with Crippen molar-refractivity contribution >= 4 is 17.3 Å². The maximum absolute atomic E-state index is 11.4. The van der Waals surface area contributed by atoms with Crippen LogP contribution in [0.5, 0.6) is 0 Å².